The molecule has 0 unspecified atom stereocenters. The van der Waals surface area contributed by atoms with Crippen LogP contribution >= 0.6 is 0 Å². The lowest BCUT2D eigenvalue weighted by Crippen LogP contribution is -2.34. The highest BCUT2D eigenvalue weighted by atomic mass is 16.5. The van der Waals surface area contributed by atoms with Crippen molar-refractivity contribution >= 4 is 0 Å². The van der Waals surface area contributed by atoms with Crippen molar-refractivity contribution in [3.8, 4) is 5.75 Å². The van der Waals surface area contributed by atoms with Crippen molar-refractivity contribution in [2.45, 2.75) is 57.7 Å². The summed E-state index contributed by atoms with van der Waals surface area (Å²) >= 11 is 0. The molecule has 0 bridgehead atoms. The summed E-state index contributed by atoms with van der Waals surface area (Å²) in [6.07, 6.45) is 3.79. The van der Waals surface area contributed by atoms with Gasteiger partial charge in [-0.25, -0.2) is 0 Å². The Hall–Kier alpha value is -1.02. The molecule has 0 aliphatic heterocycles. The zero-order valence-corrected chi connectivity index (χ0v) is 10.7. The Morgan fingerprint density at radius 2 is 1.88 bits per heavy atom. The molecular weight excluding hydrogens is 212 g/mol. The Morgan fingerprint density at radius 3 is 2.59 bits per heavy atom. The molecule has 0 spiro atoms. The molecule has 2 nitrogen and oxygen atoms in total. The molecule has 1 aromatic carbocycles. The average Bonchev–Trinajstić information content (AvgIpc) is 2.32. The first-order valence-electron chi connectivity index (χ1n) is 6.62. The van der Waals surface area contributed by atoms with Crippen LogP contribution in [0.1, 0.15) is 51.0 Å². The van der Waals surface area contributed by atoms with E-state index in [1.54, 1.807) is 0 Å². The summed E-state index contributed by atoms with van der Waals surface area (Å²) in [6.45, 7) is 4.33. The molecule has 2 rings (SSSR count). The average molecular weight is 234 g/mol. The van der Waals surface area contributed by atoms with E-state index in [9.17, 15) is 5.11 Å². The Kier molecular flexibility index (Phi) is 4.06. The quantitative estimate of drug-likeness (QED) is 0.867. The SMILES string of the molecule is CC(C)c1ccccc1O[C@H]1CCCC[C@@H]1O. The van der Waals surface area contributed by atoms with Crippen LogP contribution in [0.25, 0.3) is 0 Å². The fraction of sp³-hybridized carbons (Fsp3) is 0.600. The molecule has 2 atom stereocenters. The Balaban J connectivity index is 2.12. The Labute approximate surface area is 104 Å². The van der Waals surface area contributed by atoms with Crippen LogP contribution in [0.2, 0.25) is 0 Å². The summed E-state index contributed by atoms with van der Waals surface area (Å²) in [4.78, 5) is 0. The Bertz CT molecular complexity index is 360. The smallest absolute Gasteiger partial charge is 0.124 e. The fourth-order valence-corrected chi connectivity index (χ4v) is 2.44. The van der Waals surface area contributed by atoms with Crippen LogP contribution in [0.4, 0.5) is 0 Å². The van der Waals surface area contributed by atoms with Gasteiger partial charge in [0.2, 0.25) is 0 Å². The van der Waals surface area contributed by atoms with Gasteiger partial charge in [-0.15, -0.1) is 0 Å². The number of aliphatic hydroxyl groups is 1. The maximum absolute atomic E-state index is 9.93. The molecule has 0 heterocycles. The second-order valence-electron chi connectivity index (χ2n) is 5.20. The monoisotopic (exact) mass is 234 g/mol. The van der Waals surface area contributed by atoms with Gasteiger partial charge < -0.3 is 9.84 Å². The van der Waals surface area contributed by atoms with Crippen LogP contribution in [-0.2, 0) is 0 Å². The minimum atomic E-state index is -0.302. The molecule has 17 heavy (non-hydrogen) atoms. The highest BCUT2D eigenvalue weighted by molar-refractivity contribution is 5.35. The summed E-state index contributed by atoms with van der Waals surface area (Å²) in [5.74, 6) is 1.39. The zero-order valence-electron chi connectivity index (χ0n) is 10.7. The molecule has 0 amide bonds. The summed E-state index contributed by atoms with van der Waals surface area (Å²) in [6, 6.07) is 8.15. The molecule has 1 aliphatic rings. The molecular formula is C15H22O2. The van der Waals surface area contributed by atoms with Gasteiger partial charge in [0.05, 0.1) is 6.10 Å². The minimum Gasteiger partial charge on any atom is -0.487 e. The van der Waals surface area contributed by atoms with E-state index in [2.05, 4.69) is 19.9 Å². The lowest BCUT2D eigenvalue weighted by molar-refractivity contribution is 0.00629. The number of ether oxygens (including phenoxy) is 1. The molecule has 0 radical (unpaired) electrons. The predicted molar refractivity (Wildman–Crippen MR) is 69.4 cm³/mol. The van der Waals surface area contributed by atoms with Crippen LogP contribution in [0, 0.1) is 0 Å². The van der Waals surface area contributed by atoms with Crippen molar-refractivity contribution < 1.29 is 9.84 Å². The molecule has 0 saturated heterocycles. The number of rotatable bonds is 3. The van der Waals surface area contributed by atoms with Crippen LogP contribution in [0.3, 0.4) is 0 Å². The lowest BCUT2D eigenvalue weighted by Gasteiger charge is -2.29. The molecule has 2 heteroatoms. The van der Waals surface area contributed by atoms with Gasteiger partial charge in [-0.05, 0) is 36.8 Å². The highest BCUT2D eigenvalue weighted by Crippen LogP contribution is 2.30. The third-order valence-electron chi connectivity index (χ3n) is 3.49. The van der Waals surface area contributed by atoms with Crippen molar-refractivity contribution in [2.24, 2.45) is 0 Å². The maximum Gasteiger partial charge on any atom is 0.124 e. The fourth-order valence-electron chi connectivity index (χ4n) is 2.44. The third kappa shape index (κ3) is 3.01. The molecule has 94 valence electrons. The molecule has 1 aliphatic carbocycles. The van der Waals surface area contributed by atoms with Crippen LogP contribution in [0.15, 0.2) is 24.3 Å². The van der Waals surface area contributed by atoms with E-state index in [1.165, 1.54) is 5.56 Å². The van der Waals surface area contributed by atoms with Gasteiger partial charge in [0, 0.05) is 0 Å². The van der Waals surface area contributed by atoms with Crippen molar-refractivity contribution in [3.05, 3.63) is 29.8 Å². The number of benzene rings is 1. The number of hydrogen-bond acceptors (Lipinski definition) is 2. The standard InChI is InChI=1S/C15H22O2/c1-11(2)12-7-3-5-9-14(12)17-15-10-6-4-8-13(15)16/h3,5,7,9,11,13,15-16H,4,6,8,10H2,1-2H3/t13-,15-/m0/s1. The molecule has 1 aromatic rings. The molecule has 1 fully saturated rings. The molecule has 1 N–H and O–H groups in total. The summed E-state index contributed by atoms with van der Waals surface area (Å²) < 4.78 is 6.01. The normalized spacial score (nSPS) is 24.9. The summed E-state index contributed by atoms with van der Waals surface area (Å²) in [5.41, 5.74) is 1.23. The van der Waals surface area contributed by atoms with Crippen molar-refractivity contribution in [3.63, 3.8) is 0 Å². The number of para-hydroxylation sites is 1. The topological polar surface area (TPSA) is 29.5 Å². The van der Waals surface area contributed by atoms with E-state index >= 15 is 0 Å². The van der Waals surface area contributed by atoms with Gasteiger partial charge in [-0.3, -0.25) is 0 Å². The van der Waals surface area contributed by atoms with Crippen LogP contribution in [-0.4, -0.2) is 17.3 Å². The van der Waals surface area contributed by atoms with Gasteiger partial charge in [0.1, 0.15) is 11.9 Å². The largest absolute Gasteiger partial charge is 0.487 e. The lowest BCUT2D eigenvalue weighted by atomic mass is 9.94. The van der Waals surface area contributed by atoms with Crippen molar-refractivity contribution in [2.75, 3.05) is 0 Å². The van der Waals surface area contributed by atoms with Gasteiger partial charge in [0.15, 0.2) is 0 Å². The van der Waals surface area contributed by atoms with E-state index in [0.29, 0.717) is 5.92 Å². The highest BCUT2D eigenvalue weighted by Gasteiger charge is 2.25. The number of hydrogen-bond donors (Lipinski definition) is 1. The first kappa shape index (κ1) is 12.4. The zero-order chi connectivity index (χ0) is 12.3. The van der Waals surface area contributed by atoms with E-state index in [1.807, 2.05) is 18.2 Å². The Morgan fingerprint density at radius 1 is 1.18 bits per heavy atom. The van der Waals surface area contributed by atoms with E-state index in [4.69, 9.17) is 4.74 Å². The van der Waals surface area contributed by atoms with Gasteiger partial charge in [-0.2, -0.15) is 0 Å². The van der Waals surface area contributed by atoms with Gasteiger partial charge in [-0.1, -0.05) is 38.5 Å². The maximum atomic E-state index is 9.93. The number of aliphatic hydroxyl groups excluding tert-OH is 1. The summed E-state index contributed by atoms with van der Waals surface area (Å²) in [7, 11) is 0. The minimum absolute atomic E-state index is 0.0244. The third-order valence-corrected chi connectivity index (χ3v) is 3.49. The van der Waals surface area contributed by atoms with E-state index in [-0.39, 0.29) is 12.2 Å². The van der Waals surface area contributed by atoms with Crippen LogP contribution in [0.5, 0.6) is 5.75 Å². The molecule has 1 saturated carbocycles. The molecule has 0 aromatic heterocycles. The predicted octanol–water partition coefficient (Wildman–Crippen LogP) is 3.49. The van der Waals surface area contributed by atoms with Gasteiger partial charge >= 0.3 is 0 Å². The second kappa shape index (κ2) is 5.54. The van der Waals surface area contributed by atoms with Crippen molar-refractivity contribution in [1.29, 1.82) is 0 Å². The summed E-state index contributed by atoms with van der Waals surface area (Å²) in [5, 5.41) is 9.93. The van der Waals surface area contributed by atoms with E-state index in [0.717, 1.165) is 31.4 Å². The first-order chi connectivity index (χ1) is 8.18. The first-order valence-corrected chi connectivity index (χ1v) is 6.62. The van der Waals surface area contributed by atoms with Gasteiger partial charge in [0.25, 0.3) is 0 Å². The van der Waals surface area contributed by atoms with Crippen LogP contribution < -0.4 is 4.74 Å². The van der Waals surface area contributed by atoms with E-state index < -0.39 is 0 Å². The van der Waals surface area contributed by atoms with Crippen molar-refractivity contribution in [1.82, 2.24) is 0 Å². The second-order valence-corrected chi connectivity index (χ2v) is 5.20.